The molecule has 0 unspecified atom stereocenters. The summed E-state index contributed by atoms with van der Waals surface area (Å²) < 4.78 is 6.34. The average molecular weight is 294 g/mol. The summed E-state index contributed by atoms with van der Waals surface area (Å²) in [5, 5.41) is 0. The van der Waals surface area contributed by atoms with Crippen molar-refractivity contribution in [3.05, 3.63) is 28.2 Å². The molecule has 5 heteroatoms. The SMILES string of the molecule is Cc1c(N)nc(C2CC2)nc1-c1occc1Br. The molecule has 0 saturated heterocycles. The predicted octanol–water partition coefficient (Wildman–Crippen LogP) is 3.27. The van der Waals surface area contributed by atoms with Crippen molar-refractivity contribution >= 4 is 21.7 Å². The summed E-state index contributed by atoms with van der Waals surface area (Å²) >= 11 is 3.44. The van der Waals surface area contributed by atoms with Gasteiger partial charge >= 0.3 is 0 Å². The predicted molar refractivity (Wildman–Crippen MR) is 68.6 cm³/mol. The van der Waals surface area contributed by atoms with Gasteiger partial charge in [-0.05, 0) is 41.8 Å². The number of nitrogens with zero attached hydrogens (tertiary/aromatic N) is 2. The van der Waals surface area contributed by atoms with Gasteiger partial charge in [0.15, 0.2) is 5.76 Å². The van der Waals surface area contributed by atoms with Crippen molar-refractivity contribution in [3.63, 3.8) is 0 Å². The molecular formula is C12H12BrN3O. The van der Waals surface area contributed by atoms with E-state index in [9.17, 15) is 0 Å². The Kier molecular flexibility index (Phi) is 2.43. The molecule has 0 radical (unpaired) electrons. The molecule has 0 bridgehead atoms. The molecule has 0 atom stereocenters. The monoisotopic (exact) mass is 293 g/mol. The number of nitrogen functional groups attached to an aromatic ring is 1. The Morgan fingerprint density at radius 2 is 2.18 bits per heavy atom. The van der Waals surface area contributed by atoms with Crippen molar-refractivity contribution in [1.29, 1.82) is 0 Å². The van der Waals surface area contributed by atoms with Gasteiger partial charge in [-0.2, -0.15) is 0 Å². The number of hydrogen-bond acceptors (Lipinski definition) is 4. The van der Waals surface area contributed by atoms with Gasteiger partial charge in [0, 0.05) is 11.5 Å². The first-order valence-corrected chi connectivity index (χ1v) is 6.33. The quantitative estimate of drug-likeness (QED) is 0.923. The van der Waals surface area contributed by atoms with Gasteiger partial charge in [-0.25, -0.2) is 9.97 Å². The van der Waals surface area contributed by atoms with Crippen LogP contribution in [0.3, 0.4) is 0 Å². The van der Waals surface area contributed by atoms with Crippen molar-refractivity contribution in [1.82, 2.24) is 9.97 Å². The minimum absolute atomic E-state index is 0.477. The van der Waals surface area contributed by atoms with Gasteiger partial charge in [0.1, 0.15) is 17.3 Å². The lowest BCUT2D eigenvalue weighted by molar-refractivity contribution is 0.577. The molecule has 2 N–H and O–H groups in total. The minimum atomic E-state index is 0.477. The molecule has 0 aliphatic heterocycles. The zero-order valence-corrected chi connectivity index (χ0v) is 11.0. The summed E-state index contributed by atoms with van der Waals surface area (Å²) in [6, 6.07) is 1.85. The minimum Gasteiger partial charge on any atom is -0.461 e. The number of nitrogens with two attached hydrogens (primary N) is 1. The van der Waals surface area contributed by atoms with E-state index in [0.717, 1.165) is 40.2 Å². The number of hydrogen-bond donors (Lipinski definition) is 1. The summed E-state index contributed by atoms with van der Waals surface area (Å²) in [4.78, 5) is 8.93. The first-order valence-electron chi connectivity index (χ1n) is 5.54. The van der Waals surface area contributed by atoms with E-state index in [2.05, 4.69) is 25.9 Å². The Hall–Kier alpha value is -1.36. The van der Waals surface area contributed by atoms with E-state index in [1.807, 2.05) is 13.0 Å². The standard InChI is InChI=1S/C12H12BrN3O/c1-6-9(10-8(13)4-5-17-10)15-12(7-2-3-7)16-11(6)14/h4-5,7H,2-3H2,1H3,(H2,14,15,16). The summed E-state index contributed by atoms with van der Waals surface area (Å²) in [6.45, 7) is 1.91. The highest BCUT2D eigenvalue weighted by molar-refractivity contribution is 9.10. The van der Waals surface area contributed by atoms with Crippen LogP contribution in [0.2, 0.25) is 0 Å². The molecule has 1 saturated carbocycles. The van der Waals surface area contributed by atoms with Gasteiger partial charge in [-0.1, -0.05) is 0 Å². The lowest BCUT2D eigenvalue weighted by Crippen LogP contribution is -2.04. The van der Waals surface area contributed by atoms with Crippen LogP contribution in [0.25, 0.3) is 11.5 Å². The molecule has 1 aliphatic rings. The third-order valence-corrected chi connectivity index (χ3v) is 3.60. The van der Waals surface area contributed by atoms with Crippen molar-refractivity contribution in [2.45, 2.75) is 25.7 Å². The first-order chi connectivity index (χ1) is 8.16. The highest BCUT2D eigenvalue weighted by Gasteiger charge is 2.28. The van der Waals surface area contributed by atoms with E-state index >= 15 is 0 Å². The van der Waals surface area contributed by atoms with E-state index in [4.69, 9.17) is 10.2 Å². The van der Waals surface area contributed by atoms with E-state index in [1.165, 1.54) is 0 Å². The Bertz CT molecular complexity index is 575. The fourth-order valence-corrected chi connectivity index (χ4v) is 2.15. The lowest BCUT2D eigenvalue weighted by Gasteiger charge is -2.08. The highest BCUT2D eigenvalue weighted by Crippen LogP contribution is 2.40. The summed E-state index contributed by atoms with van der Waals surface area (Å²) in [5.74, 6) is 2.58. The lowest BCUT2D eigenvalue weighted by atomic mass is 10.2. The molecule has 17 heavy (non-hydrogen) atoms. The average Bonchev–Trinajstić information content (AvgIpc) is 3.06. The molecule has 3 rings (SSSR count). The Morgan fingerprint density at radius 3 is 2.76 bits per heavy atom. The number of anilines is 1. The molecule has 4 nitrogen and oxygen atoms in total. The fraction of sp³-hybridized carbons (Fsp3) is 0.333. The van der Waals surface area contributed by atoms with Crippen LogP contribution in [0.1, 0.15) is 30.1 Å². The smallest absolute Gasteiger partial charge is 0.166 e. The van der Waals surface area contributed by atoms with Crippen LogP contribution < -0.4 is 5.73 Å². The van der Waals surface area contributed by atoms with Crippen molar-refractivity contribution in [2.24, 2.45) is 0 Å². The molecule has 2 heterocycles. The second kappa shape index (κ2) is 3.84. The van der Waals surface area contributed by atoms with Gasteiger partial charge < -0.3 is 10.2 Å². The van der Waals surface area contributed by atoms with Crippen LogP contribution in [-0.2, 0) is 0 Å². The van der Waals surface area contributed by atoms with Gasteiger partial charge in [-0.15, -0.1) is 0 Å². The second-order valence-corrected chi connectivity index (χ2v) is 5.17. The highest BCUT2D eigenvalue weighted by atomic mass is 79.9. The molecular weight excluding hydrogens is 282 g/mol. The normalized spacial score (nSPS) is 15.2. The van der Waals surface area contributed by atoms with Crippen LogP contribution in [0.4, 0.5) is 5.82 Å². The molecule has 1 fully saturated rings. The number of aromatic nitrogens is 2. The van der Waals surface area contributed by atoms with E-state index in [0.29, 0.717) is 11.7 Å². The molecule has 0 spiro atoms. The summed E-state index contributed by atoms with van der Waals surface area (Å²) in [7, 11) is 0. The van der Waals surface area contributed by atoms with Gasteiger partial charge in [-0.3, -0.25) is 0 Å². The van der Waals surface area contributed by atoms with E-state index in [-0.39, 0.29) is 0 Å². The number of halogens is 1. The van der Waals surface area contributed by atoms with Crippen LogP contribution >= 0.6 is 15.9 Å². The Labute approximate surface area is 107 Å². The molecule has 2 aromatic heterocycles. The summed E-state index contributed by atoms with van der Waals surface area (Å²) in [5.41, 5.74) is 7.59. The van der Waals surface area contributed by atoms with Crippen LogP contribution in [0.5, 0.6) is 0 Å². The Balaban J connectivity index is 2.17. The van der Waals surface area contributed by atoms with Crippen LogP contribution in [-0.4, -0.2) is 9.97 Å². The zero-order valence-electron chi connectivity index (χ0n) is 9.40. The molecule has 1 aliphatic carbocycles. The molecule has 0 aromatic carbocycles. The molecule has 88 valence electrons. The van der Waals surface area contributed by atoms with E-state index < -0.39 is 0 Å². The maximum atomic E-state index is 5.94. The van der Waals surface area contributed by atoms with Gasteiger partial charge in [0.2, 0.25) is 0 Å². The van der Waals surface area contributed by atoms with Crippen molar-refractivity contribution in [3.8, 4) is 11.5 Å². The fourth-order valence-electron chi connectivity index (χ4n) is 1.76. The van der Waals surface area contributed by atoms with Crippen LogP contribution in [0, 0.1) is 6.92 Å². The second-order valence-electron chi connectivity index (χ2n) is 4.31. The topological polar surface area (TPSA) is 64.9 Å². The Morgan fingerprint density at radius 1 is 1.41 bits per heavy atom. The number of furan rings is 1. The number of rotatable bonds is 2. The molecule has 0 amide bonds. The van der Waals surface area contributed by atoms with Crippen molar-refractivity contribution in [2.75, 3.05) is 5.73 Å². The maximum Gasteiger partial charge on any atom is 0.166 e. The summed E-state index contributed by atoms with van der Waals surface area (Å²) in [6.07, 6.45) is 3.94. The third-order valence-electron chi connectivity index (χ3n) is 2.98. The largest absolute Gasteiger partial charge is 0.461 e. The third kappa shape index (κ3) is 1.84. The first kappa shape index (κ1) is 10.8. The van der Waals surface area contributed by atoms with Gasteiger partial charge in [0.25, 0.3) is 0 Å². The van der Waals surface area contributed by atoms with Crippen LogP contribution in [0.15, 0.2) is 21.2 Å². The van der Waals surface area contributed by atoms with Crippen molar-refractivity contribution < 1.29 is 4.42 Å². The van der Waals surface area contributed by atoms with E-state index in [1.54, 1.807) is 6.26 Å². The molecule has 2 aromatic rings. The zero-order chi connectivity index (χ0) is 12.0. The maximum absolute atomic E-state index is 5.94. The van der Waals surface area contributed by atoms with Gasteiger partial charge in [0.05, 0.1) is 10.7 Å².